The van der Waals surface area contributed by atoms with Crippen LogP contribution in [0, 0.1) is 10.1 Å². The van der Waals surface area contributed by atoms with Gasteiger partial charge in [0.1, 0.15) is 0 Å². The highest BCUT2D eigenvalue weighted by molar-refractivity contribution is 7.92. The van der Waals surface area contributed by atoms with Gasteiger partial charge in [0.2, 0.25) is 0 Å². The van der Waals surface area contributed by atoms with Crippen molar-refractivity contribution in [3.8, 4) is 5.75 Å². The van der Waals surface area contributed by atoms with E-state index in [1.54, 1.807) is 13.8 Å². The van der Waals surface area contributed by atoms with E-state index < -0.39 is 61.0 Å². The second-order valence-electron chi connectivity index (χ2n) is 5.83. The summed E-state index contributed by atoms with van der Waals surface area (Å²) >= 11 is 0. The van der Waals surface area contributed by atoms with Gasteiger partial charge in [-0.1, -0.05) is 0 Å². The number of sulfone groups is 1. The minimum Gasteiger partial charge on any atom is -0.477 e. The van der Waals surface area contributed by atoms with E-state index in [-0.39, 0.29) is 25.2 Å². The molecule has 0 unspecified atom stereocenters. The molecule has 0 aliphatic rings. The number of nitrogens with zero attached hydrogens (tertiary/aromatic N) is 2. The van der Waals surface area contributed by atoms with Gasteiger partial charge in [0, 0.05) is 19.2 Å². The molecule has 0 saturated heterocycles. The highest BCUT2D eigenvalue weighted by Crippen LogP contribution is 2.51. The lowest BCUT2D eigenvalue weighted by Gasteiger charge is -2.27. The third kappa shape index (κ3) is 4.83. The van der Waals surface area contributed by atoms with Crippen LogP contribution in [-0.2, 0) is 14.6 Å². The molecule has 1 amide bonds. The summed E-state index contributed by atoms with van der Waals surface area (Å²) in [5.74, 6) is -8.43. The number of nitro groups is 1. The van der Waals surface area contributed by atoms with Gasteiger partial charge in [-0.05, 0) is 26.0 Å². The van der Waals surface area contributed by atoms with Gasteiger partial charge in [0.25, 0.3) is 15.7 Å². The molecule has 0 atom stereocenters. The van der Waals surface area contributed by atoms with Crippen molar-refractivity contribution in [1.82, 2.24) is 4.90 Å². The Hall–Kier alpha value is -2.65. The van der Waals surface area contributed by atoms with Crippen molar-refractivity contribution in [2.45, 2.75) is 36.1 Å². The average Bonchev–Trinajstić information content (AvgIpc) is 2.65. The molecular weight excluding hydrogens is 469 g/mol. The molecule has 0 aliphatic carbocycles. The Kier molecular flexibility index (Phi) is 7.52. The molecule has 16 heteroatoms. The number of hydrogen-bond donors (Lipinski definition) is 0. The number of hydrogen-bond acceptors (Lipinski definition) is 6. The van der Waals surface area contributed by atoms with E-state index >= 15 is 0 Å². The van der Waals surface area contributed by atoms with E-state index in [0.29, 0.717) is 6.07 Å². The average molecular weight is 484 g/mol. The smallest absolute Gasteiger partial charge is 0.461 e. The fourth-order valence-corrected chi connectivity index (χ4v) is 3.48. The van der Waals surface area contributed by atoms with Crippen molar-refractivity contribution in [3.63, 3.8) is 0 Å². The molecule has 0 bridgehead atoms. The quantitative estimate of drug-likeness (QED) is 0.302. The molecular formula is C15H15F7N2O6S. The standard InChI is InChI=1S/C15H15F7N2O6S/c1-3-23(4-2)12(25)8-30-11-6-5-9(7-10(11)24(26)27)31(28,29)15(21,22)13(16,17)14(18,19)20/h5-7H,3-4,8H2,1-2H3. The first-order chi connectivity index (χ1) is 14.0. The van der Waals surface area contributed by atoms with Crippen LogP contribution in [0.5, 0.6) is 5.75 Å². The number of ether oxygens (including phenoxy) is 1. The highest BCUT2D eigenvalue weighted by atomic mass is 32.2. The summed E-state index contributed by atoms with van der Waals surface area (Å²) in [5.41, 5.74) is -1.35. The van der Waals surface area contributed by atoms with Gasteiger partial charge in [0.15, 0.2) is 12.4 Å². The fraction of sp³-hybridized carbons (Fsp3) is 0.533. The summed E-state index contributed by atoms with van der Waals surface area (Å²) < 4.78 is 119. The van der Waals surface area contributed by atoms with Crippen molar-refractivity contribution in [1.29, 1.82) is 0 Å². The maximum atomic E-state index is 13.7. The zero-order valence-corrected chi connectivity index (χ0v) is 16.6. The summed E-state index contributed by atoms with van der Waals surface area (Å²) in [7, 11) is -6.74. The maximum absolute atomic E-state index is 13.7. The lowest BCUT2D eigenvalue weighted by atomic mass is 10.3. The summed E-state index contributed by atoms with van der Waals surface area (Å²) in [5, 5.41) is 4.44. The number of benzene rings is 1. The van der Waals surface area contributed by atoms with E-state index in [0.717, 1.165) is 0 Å². The second-order valence-corrected chi connectivity index (χ2v) is 7.82. The molecule has 0 spiro atoms. The Morgan fingerprint density at radius 1 is 1.10 bits per heavy atom. The zero-order valence-electron chi connectivity index (χ0n) is 15.8. The Morgan fingerprint density at radius 3 is 2.03 bits per heavy atom. The Morgan fingerprint density at radius 2 is 1.61 bits per heavy atom. The fourth-order valence-electron chi connectivity index (χ4n) is 2.22. The molecule has 31 heavy (non-hydrogen) atoms. The number of alkyl halides is 7. The topological polar surface area (TPSA) is 107 Å². The molecule has 0 fully saturated rings. The number of nitro benzene ring substituents is 1. The van der Waals surface area contributed by atoms with Crippen molar-refractivity contribution in [3.05, 3.63) is 28.3 Å². The second kappa shape index (κ2) is 8.84. The van der Waals surface area contributed by atoms with Gasteiger partial charge in [-0.2, -0.15) is 30.7 Å². The van der Waals surface area contributed by atoms with E-state index in [4.69, 9.17) is 4.74 Å². The predicted molar refractivity (Wildman–Crippen MR) is 89.7 cm³/mol. The van der Waals surface area contributed by atoms with Gasteiger partial charge >= 0.3 is 23.0 Å². The van der Waals surface area contributed by atoms with Crippen LogP contribution >= 0.6 is 0 Å². The van der Waals surface area contributed by atoms with E-state index in [1.807, 2.05) is 0 Å². The lowest BCUT2D eigenvalue weighted by molar-refractivity contribution is -0.386. The van der Waals surface area contributed by atoms with Crippen LogP contribution in [0.1, 0.15) is 13.8 Å². The van der Waals surface area contributed by atoms with Crippen LogP contribution in [0.25, 0.3) is 0 Å². The number of rotatable bonds is 9. The van der Waals surface area contributed by atoms with Gasteiger partial charge in [-0.25, -0.2) is 8.42 Å². The van der Waals surface area contributed by atoms with Crippen LogP contribution in [0.3, 0.4) is 0 Å². The number of halogens is 7. The van der Waals surface area contributed by atoms with Gasteiger partial charge in [-0.15, -0.1) is 0 Å². The van der Waals surface area contributed by atoms with Crippen molar-refractivity contribution in [2.75, 3.05) is 19.7 Å². The van der Waals surface area contributed by atoms with Gasteiger partial charge in [-0.3, -0.25) is 14.9 Å². The molecule has 0 N–H and O–H groups in total. The van der Waals surface area contributed by atoms with Crippen LogP contribution in [0.2, 0.25) is 0 Å². The summed E-state index contributed by atoms with van der Waals surface area (Å²) in [4.78, 5) is 21.0. The zero-order chi connectivity index (χ0) is 24.4. The minimum absolute atomic E-state index is 0.125. The van der Waals surface area contributed by atoms with Crippen LogP contribution in [-0.4, -0.2) is 61.2 Å². The third-order valence-corrected chi connectivity index (χ3v) is 5.77. The number of carbonyl (C=O) groups is 1. The first-order valence-corrected chi connectivity index (χ1v) is 9.70. The summed E-state index contributed by atoms with van der Waals surface area (Å²) in [6.07, 6.45) is -6.93. The Labute approximate surface area is 170 Å². The lowest BCUT2D eigenvalue weighted by Crippen LogP contribution is -2.55. The monoisotopic (exact) mass is 484 g/mol. The Bertz CT molecular complexity index is 946. The van der Waals surface area contributed by atoms with Crippen LogP contribution in [0.15, 0.2) is 23.1 Å². The Balaban J connectivity index is 3.40. The number of likely N-dealkylation sites (N-methyl/N-ethyl adjacent to an activating group) is 1. The van der Waals surface area contributed by atoms with Crippen molar-refractivity contribution < 1.29 is 53.6 Å². The first-order valence-electron chi connectivity index (χ1n) is 8.21. The van der Waals surface area contributed by atoms with E-state index in [9.17, 15) is 54.1 Å². The largest absolute Gasteiger partial charge is 0.477 e. The molecule has 0 heterocycles. The SMILES string of the molecule is CCN(CC)C(=O)COc1ccc(S(=O)(=O)C(F)(F)C(F)(F)C(F)(F)F)cc1[N+](=O)[O-]. The van der Waals surface area contributed by atoms with E-state index in [2.05, 4.69) is 0 Å². The molecule has 0 aromatic heterocycles. The van der Waals surface area contributed by atoms with Crippen molar-refractivity contribution >= 4 is 21.4 Å². The minimum atomic E-state index is -6.99. The molecule has 1 rings (SSSR count). The van der Waals surface area contributed by atoms with Crippen molar-refractivity contribution in [2.24, 2.45) is 0 Å². The summed E-state index contributed by atoms with van der Waals surface area (Å²) in [6.45, 7) is 2.94. The maximum Gasteiger partial charge on any atom is 0.461 e. The molecule has 0 radical (unpaired) electrons. The van der Waals surface area contributed by atoms with Gasteiger partial charge in [0.05, 0.1) is 9.82 Å². The predicted octanol–water partition coefficient (Wildman–Crippen LogP) is 3.41. The highest BCUT2D eigenvalue weighted by Gasteiger charge is 2.78. The van der Waals surface area contributed by atoms with Crippen LogP contribution < -0.4 is 4.74 Å². The first kappa shape index (κ1) is 26.4. The third-order valence-electron chi connectivity index (χ3n) is 3.96. The van der Waals surface area contributed by atoms with E-state index in [1.165, 1.54) is 4.90 Å². The molecule has 1 aromatic rings. The summed E-state index contributed by atoms with van der Waals surface area (Å²) in [6, 6.07) is 0.356. The van der Waals surface area contributed by atoms with Crippen LogP contribution in [0.4, 0.5) is 36.4 Å². The van der Waals surface area contributed by atoms with Gasteiger partial charge < -0.3 is 9.64 Å². The normalized spacial score (nSPS) is 13.1. The molecule has 0 aliphatic heterocycles. The molecule has 1 aromatic carbocycles. The number of amides is 1. The molecule has 0 saturated carbocycles. The molecule has 8 nitrogen and oxygen atoms in total. The number of carbonyl (C=O) groups excluding carboxylic acids is 1. The molecule has 176 valence electrons.